The Morgan fingerprint density at radius 1 is 0.783 bits per heavy atom. The molecule has 0 unspecified atom stereocenters. The molecule has 0 saturated carbocycles. The van der Waals surface area contributed by atoms with Gasteiger partial charge in [-0.1, -0.05) is 40.0 Å². The molecule has 6 heteroatoms. The van der Waals surface area contributed by atoms with Crippen LogP contribution in [0.2, 0.25) is 0 Å². The normalized spacial score (nSPS) is 8.96. The van der Waals surface area contributed by atoms with E-state index in [1.54, 1.807) is 0 Å². The molecule has 4 N–H and O–H groups in total. The minimum absolute atomic E-state index is 0. The van der Waals surface area contributed by atoms with Crippen LogP contribution in [0.15, 0.2) is 11.8 Å². The molecule has 0 aromatic heterocycles. The number of rotatable bonds is 7. The molecule has 0 rings (SSSR count). The van der Waals surface area contributed by atoms with E-state index in [1.165, 1.54) is 19.9 Å². The Labute approximate surface area is 157 Å². The van der Waals surface area contributed by atoms with Crippen molar-refractivity contribution in [1.29, 1.82) is 0 Å². The molecule has 0 aliphatic carbocycles. The number of carbonyl (C=O) groups excluding carboxylic acids is 1. The van der Waals surface area contributed by atoms with Crippen LogP contribution in [-0.4, -0.2) is 46.0 Å². The topological polar surface area (TPSA) is 98.0 Å². The van der Waals surface area contributed by atoms with Gasteiger partial charge in [-0.25, -0.2) is 0 Å². The Morgan fingerprint density at radius 2 is 1.04 bits per heavy atom. The van der Waals surface area contributed by atoms with Crippen molar-refractivity contribution in [2.24, 2.45) is 0 Å². The number of aliphatic hydroxyl groups excluding tert-OH is 4. The van der Waals surface area contributed by atoms with Crippen molar-refractivity contribution in [3.63, 3.8) is 0 Å². The van der Waals surface area contributed by atoms with Gasteiger partial charge in [0.25, 0.3) is 0 Å². The molecular formula is C17H38O5Ti. The van der Waals surface area contributed by atoms with Gasteiger partial charge in [0.15, 0.2) is 5.78 Å². The Balaban J connectivity index is -0.0000000625. The van der Waals surface area contributed by atoms with Gasteiger partial charge in [0.05, 0.1) is 5.76 Å². The van der Waals surface area contributed by atoms with Gasteiger partial charge in [-0.15, -0.1) is 0 Å². The number of unbranched alkanes of at least 4 members (excludes halogenated alkanes) is 3. The molecule has 0 atom stereocenters. The summed E-state index contributed by atoms with van der Waals surface area (Å²) in [6.07, 6.45) is 7.28. The molecule has 0 aliphatic rings. The third-order valence-electron chi connectivity index (χ3n) is 1.95. The largest absolute Gasteiger partial charge is 0.512 e. The maximum Gasteiger partial charge on any atom is 0.155 e. The summed E-state index contributed by atoms with van der Waals surface area (Å²) < 4.78 is 0. The van der Waals surface area contributed by atoms with Crippen molar-refractivity contribution in [1.82, 2.24) is 0 Å². The van der Waals surface area contributed by atoms with Crippen LogP contribution in [0.5, 0.6) is 0 Å². The number of hydrogen-bond donors (Lipinski definition) is 4. The zero-order chi connectivity index (χ0) is 18.2. The molecule has 0 amide bonds. The fourth-order valence-corrected chi connectivity index (χ4v) is 0.769. The van der Waals surface area contributed by atoms with Crippen LogP contribution >= 0.6 is 0 Å². The van der Waals surface area contributed by atoms with Crippen LogP contribution in [0.25, 0.3) is 0 Å². The van der Waals surface area contributed by atoms with Crippen LogP contribution in [-0.2, 0) is 26.5 Å². The van der Waals surface area contributed by atoms with Crippen LogP contribution < -0.4 is 0 Å². The second-order valence-electron chi connectivity index (χ2n) is 4.63. The molecule has 0 aromatic carbocycles. The summed E-state index contributed by atoms with van der Waals surface area (Å²) in [6.45, 7) is 10.0. The molecule has 140 valence electrons. The van der Waals surface area contributed by atoms with Gasteiger partial charge in [-0.05, 0) is 33.1 Å². The maximum absolute atomic E-state index is 10.0. The summed E-state index contributed by atoms with van der Waals surface area (Å²) in [5.41, 5.74) is 0. The Kier molecular flexibility index (Phi) is 56.2. The van der Waals surface area contributed by atoms with Gasteiger partial charge in [0, 0.05) is 47.6 Å². The van der Waals surface area contributed by atoms with E-state index in [0.29, 0.717) is 19.8 Å². The van der Waals surface area contributed by atoms with Gasteiger partial charge < -0.3 is 20.4 Å². The van der Waals surface area contributed by atoms with Crippen molar-refractivity contribution < 1.29 is 46.9 Å². The summed E-state index contributed by atoms with van der Waals surface area (Å²) in [5, 5.41) is 32.6. The van der Waals surface area contributed by atoms with Crippen molar-refractivity contribution in [3.8, 4) is 0 Å². The third kappa shape index (κ3) is 89.0. The number of ketones is 1. The van der Waals surface area contributed by atoms with Crippen LogP contribution in [0.1, 0.15) is 73.1 Å². The Morgan fingerprint density at radius 3 is 1.04 bits per heavy atom. The molecule has 0 fully saturated rings. The predicted molar refractivity (Wildman–Crippen MR) is 93.0 cm³/mol. The summed E-state index contributed by atoms with van der Waals surface area (Å²) >= 11 is 0. The fourth-order valence-electron chi connectivity index (χ4n) is 0.769. The average Bonchev–Trinajstić information content (AvgIpc) is 2.42. The summed E-state index contributed by atoms with van der Waals surface area (Å²) in [4.78, 5) is 10.0. The summed E-state index contributed by atoms with van der Waals surface area (Å²) in [6, 6.07) is 0. The van der Waals surface area contributed by atoms with Crippen molar-refractivity contribution in [3.05, 3.63) is 11.8 Å². The van der Waals surface area contributed by atoms with Gasteiger partial charge in [0.1, 0.15) is 0 Å². The predicted octanol–water partition coefficient (Wildman–Crippen LogP) is 3.37. The van der Waals surface area contributed by atoms with Crippen LogP contribution in [0, 0.1) is 0 Å². The average molecular weight is 370 g/mol. The van der Waals surface area contributed by atoms with E-state index in [9.17, 15) is 4.79 Å². The summed E-state index contributed by atoms with van der Waals surface area (Å²) in [5.74, 6) is -0.0625. The molecule has 0 aliphatic heterocycles. The summed E-state index contributed by atoms with van der Waals surface area (Å²) in [7, 11) is 0. The first-order valence-corrected chi connectivity index (χ1v) is 8.08. The zero-order valence-corrected chi connectivity index (χ0v) is 17.2. The number of aliphatic hydroxyl groups is 4. The quantitative estimate of drug-likeness (QED) is 0.313. The van der Waals surface area contributed by atoms with E-state index in [0.717, 1.165) is 38.5 Å². The first-order valence-electron chi connectivity index (χ1n) is 8.08. The van der Waals surface area contributed by atoms with Crippen molar-refractivity contribution in [2.75, 3.05) is 19.8 Å². The molecule has 23 heavy (non-hydrogen) atoms. The fraction of sp³-hybridized carbons (Fsp3) is 0.824. The van der Waals surface area contributed by atoms with E-state index in [1.807, 2.05) is 0 Å². The van der Waals surface area contributed by atoms with Crippen molar-refractivity contribution in [2.45, 2.75) is 73.1 Å². The minimum Gasteiger partial charge on any atom is -0.512 e. The zero-order valence-electron chi connectivity index (χ0n) is 15.6. The Bertz CT molecular complexity index is 197. The molecule has 0 saturated heterocycles. The first-order chi connectivity index (χ1) is 10.4. The minimum atomic E-state index is -0.125. The number of carbonyl (C=O) groups is 1. The van der Waals surface area contributed by atoms with Crippen LogP contribution in [0.4, 0.5) is 0 Å². The first kappa shape index (κ1) is 34.2. The molecular weight excluding hydrogens is 332 g/mol. The molecule has 0 spiro atoms. The van der Waals surface area contributed by atoms with E-state index in [-0.39, 0.29) is 33.3 Å². The van der Waals surface area contributed by atoms with E-state index >= 15 is 0 Å². The number of hydrogen-bond acceptors (Lipinski definition) is 5. The second-order valence-corrected chi connectivity index (χ2v) is 4.63. The van der Waals surface area contributed by atoms with E-state index in [4.69, 9.17) is 20.4 Å². The second kappa shape index (κ2) is 37.8. The molecule has 0 aromatic rings. The molecule has 0 radical (unpaired) electrons. The molecule has 0 bridgehead atoms. The van der Waals surface area contributed by atoms with Crippen LogP contribution in [0.3, 0.4) is 0 Å². The standard InChI is InChI=1S/C5H8O2.3C4H10O.Ti/c1-4(6)3-5(2)7;3*1-2-3-4-5;/h3,6H,1-2H3;3*5H,2-4H2,1H3;/b4-3-;;;;. The SMILES string of the molecule is CC(=O)/C=C(/C)O.CCCCO.CCCCO.CCCCO.[Ti]. The monoisotopic (exact) mass is 370 g/mol. The third-order valence-corrected chi connectivity index (χ3v) is 1.95. The van der Waals surface area contributed by atoms with Gasteiger partial charge in [0.2, 0.25) is 0 Å². The molecule has 0 heterocycles. The number of allylic oxidation sites excluding steroid dienone is 2. The molecule has 5 nitrogen and oxygen atoms in total. The van der Waals surface area contributed by atoms with Gasteiger partial charge >= 0.3 is 0 Å². The van der Waals surface area contributed by atoms with E-state index in [2.05, 4.69) is 20.8 Å². The van der Waals surface area contributed by atoms with Gasteiger partial charge in [-0.2, -0.15) is 0 Å². The Hall–Kier alpha value is -0.196. The van der Waals surface area contributed by atoms with Gasteiger partial charge in [-0.3, -0.25) is 4.79 Å². The smallest absolute Gasteiger partial charge is 0.155 e. The maximum atomic E-state index is 10.0. The van der Waals surface area contributed by atoms with E-state index < -0.39 is 0 Å². The van der Waals surface area contributed by atoms with Crippen molar-refractivity contribution >= 4 is 5.78 Å².